The smallest absolute Gasteiger partial charge is 0.0547 e. The molecule has 0 aliphatic heterocycles. The van der Waals surface area contributed by atoms with Gasteiger partial charge in [0.2, 0.25) is 0 Å². The van der Waals surface area contributed by atoms with Gasteiger partial charge >= 0.3 is 0 Å². The lowest BCUT2D eigenvalue weighted by atomic mass is 9.94. The van der Waals surface area contributed by atoms with E-state index in [0.29, 0.717) is 0 Å². The van der Waals surface area contributed by atoms with Gasteiger partial charge in [0, 0.05) is 33.4 Å². The summed E-state index contributed by atoms with van der Waals surface area (Å²) in [7, 11) is 0. The molecule has 1 aromatic heterocycles. The molecule has 0 saturated heterocycles. The molecule has 2 heteroatoms. The van der Waals surface area contributed by atoms with Crippen molar-refractivity contribution in [1.82, 2.24) is 4.57 Å². The van der Waals surface area contributed by atoms with E-state index < -0.39 is 0 Å². The van der Waals surface area contributed by atoms with Crippen molar-refractivity contribution in [2.24, 2.45) is 0 Å². The Labute approximate surface area is 395 Å². The lowest BCUT2D eigenvalue weighted by Gasteiger charge is -2.28. The molecule has 68 heavy (non-hydrogen) atoms. The minimum Gasteiger partial charge on any atom is -0.310 e. The number of para-hydroxylation sites is 3. The molecule has 0 bridgehead atoms. The van der Waals surface area contributed by atoms with Crippen molar-refractivity contribution in [1.29, 1.82) is 0 Å². The third-order valence-electron chi connectivity index (χ3n) is 13.8. The quantitative estimate of drug-likeness (QED) is 0.138. The summed E-state index contributed by atoms with van der Waals surface area (Å²) in [6.07, 6.45) is 0. The van der Waals surface area contributed by atoms with Crippen molar-refractivity contribution in [2.75, 3.05) is 4.90 Å². The van der Waals surface area contributed by atoms with Crippen molar-refractivity contribution in [3.63, 3.8) is 0 Å². The molecule has 0 saturated carbocycles. The molecule has 12 aromatic carbocycles. The Morgan fingerprint density at radius 1 is 0.265 bits per heavy atom. The molecule has 0 fully saturated rings. The predicted molar refractivity (Wildman–Crippen MR) is 290 cm³/mol. The summed E-state index contributed by atoms with van der Waals surface area (Å²) >= 11 is 0. The Kier molecular flexibility index (Phi) is 9.54. The minimum absolute atomic E-state index is 1.09. The molecular formula is C66H44N2. The van der Waals surface area contributed by atoms with Crippen LogP contribution in [0.15, 0.2) is 267 Å². The molecule has 0 radical (unpaired) electrons. The highest BCUT2D eigenvalue weighted by Gasteiger charge is 2.20. The van der Waals surface area contributed by atoms with E-state index in [1.807, 2.05) is 0 Å². The van der Waals surface area contributed by atoms with Crippen molar-refractivity contribution in [2.45, 2.75) is 0 Å². The van der Waals surface area contributed by atoms with Gasteiger partial charge in [-0.3, -0.25) is 0 Å². The van der Waals surface area contributed by atoms with Gasteiger partial charge in [-0.15, -0.1) is 0 Å². The van der Waals surface area contributed by atoms with Crippen LogP contribution in [0.4, 0.5) is 17.1 Å². The summed E-state index contributed by atoms with van der Waals surface area (Å²) in [5, 5.41) is 9.98. The molecule has 0 N–H and O–H groups in total. The Balaban J connectivity index is 0.928. The SMILES string of the molecule is c1ccc(-n2c3ccccc3c3c(-c4cccc(-c5ccccc5N(c5ccc(-c6ccc(-c7cccc8ccccc78)cc6)cc5)c5ccc6c(ccc7ccccc76)c5)c4)cccc32)cc1. The largest absolute Gasteiger partial charge is 0.310 e. The Bertz CT molecular complexity index is 4010. The van der Waals surface area contributed by atoms with E-state index in [4.69, 9.17) is 0 Å². The fraction of sp³-hybridized carbons (Fsp3) is 0. The molecule has 0 atom stereocenters. The van der Waals surface area contributed by atoms with Gasteiger partial charge in [-0.05, 0) is 132 Å². The van der Waals surface area contributed by atoms with Crippen molar-refractivity contribution in [3.8, 4) is 50.2 Å². The summed E-state index contributed by atoms with van der Waals surface area (Å²) in [6, 6.07) is 97.5. The van der Waals surface area contributed by atoms with Crippen molar-refractivity contribution >= 4 is 71.2 Å². The summed E-state index contributed by atoms with van der Waals surface area (Å²) < 4.78 is 2.39. The average Bonchev–Trinajstić information content (AvgIpc) is 3.76. The number of fused-ring (bicyclic) bond motifs is 7. The fourth-order valence-corrected chi connectivity index (χ4v) is 10.6. The van der Waals surface area contributed by atoms with Gasteiger partial charge in [0.15, 0.2) is 0 Å². The monoisotopic (exact) mass is 864 g/mol. The van der Waals surface area contributed by atoms with Gasteiger partial charge in [0.25, 0.3) is 0 Å². The van der Waals surface area contributed by atoms with Crippen molar-refractivity contribution in [3.05, 3.63) is 267 Å². The number of hydrogen-bond donors (Lipinski definition) is 0. The maximum Gasteiger partial charge on any atom is 0.0547 e. The van der Waals surface area contributed by atoms with Crippen LogP contribution in [0.1, 0.15) is 0 Å². The minimum atomic E-state index is 1.09. The third kappa shape index (κ3) is 6.73. The van der Waals surface area contributed by atoms with Crippen LogP contribution in [0.3, 0.4) is 0 Å². The van der Waals surface area contributed by atoms with Crippen LogP contribution in [-0.4, -0.2) is 4.57 Å². The molecule has 1 heterocycles. The van der Waals surface area contributed by atoms with E-state index in [9.17, 15) is 0 Å². The number of aromatic nitrogens is 1. The van der Waals surface area contributed by atoms with E-state index in [1.54, 1.807) is 0 Å². The van der Waals surface area contributed by atoms with Gasteiger partial charge in [0.1, 0.15) is 0 Å². The van der Waals surface area contributed by atoms with Gasteiger partial charge in [-0.2, -0.15) is 0 Å². The summed E-state index contributed by atoms with van der Waals surface area (Å²) in [6.45, 7) is 0. The number of anilines is 3. The van der Waals surface area contributed by atoms with Crippen LogP contribution in [0.5, 0.6) is 0 Å². The van der Waals surface area contributed by atoms with Gasteiger partial charge < -0.3 is 9.47 Å². The van der Waals surface area contributed by atoms with Crippen molar-refractivity contribution < 1.29 is 0 Å². The van der Waals surface area contributed by atoms with E-state index >= 15 is 0 Å². The van der Waals surface area contributed by atoms with Gasteiger partial charge in [-0.1, -0.05) is 206 Å². The van der Waals surface area contributed by atoms with Crippen LogP contribution in [0.2, 0.25) is 0 Å². The normalized spacial score (nSPS) is 11.5. The highest BCUT2D eigenvalue weighted by molar-refractivity contribution is 6.16. The zero-order valence-electron chi connectivity index (χ0n) is 37.3. The third-order valence-corrected chi connectivity index (χ3v) is 13.8. The van der Waals surface area contributed by atoms with E-state index in [-0.39, 0.29) is 0 Å². The molecule has 0 amide bonds. The van der Waals surface area contributed by atoms with Gasteiger partial charge in [-0.25, -0.2) is 0 Å². The highest BCUT2D eigenvalue weighted by Crippen LogP contribution is 2.45. The van der Waals surface area contributed by atoms with Crippen LogP contribution in [-0.2, 0) is 0 Å². The standard InChI is InChI=1S/C66H44N2/c1-2-20-53(21-3-1)68-64-29-11-9-25-62(64)66-61(27-14-30-65(66)68)51-19-12-18-50(43-51)60-24-8-10-28-63(60)67(55-41-42-59-52(44-55)36-35-48-16-5-7-23-57(48)59)54-39-37-46(38-40-54)45-31-33-49(34-32-45)58-26-13-17-47-15-4-6-22-56(47)58/h1-44H. The zero-order chi connectivity index (χ0) is 45.0. The molecule has 13 aromatic rings. The second-order valence-electron chi connectivity index (χ2n) is 17.7. The topological polar surface area (TPSA) is 8.17 Å². The molecule has 0 aliphatic carbocycles. The molecular weight excluding hydrogens is 821 g/mol. The number of rotatable bonds is 8. The first kappa shape index (κ1) is 39.4. The van der Waals surface area contributed by atoms with E-state index in [1.165, 1.54) is 87.5 Å². The van der Waals surface area contributed by atoms with E-state index in [2.05, 4.69) is 276 Å². The molecule has 13 rings (SSSR count). The van der Waals surface area contributed by atoms with Crippen LogP contribution >= 0.6 is 0 Å². The first-order chi connectivity index (χ1) is 33.7. The Morgan fingerprint density at radius 2 is 0.794 bits per heavy atom. The number of benzene rings is 12. The fourth-order valence-electron chi connectivity index (χ4n) is 10.6. The predicted octanol–water partition coefficient (Wildman–Crippen LogP) is 18.4. The molecule has 2 nitrogen and oxygen atoms in total. The lowest BCUT2D eigenvalue weighted by molar-refractivity contribution is 1.18. The van der Waals surface area contributed by atoms with E-state index in [0.717, 1.165) is 33.9 Å². The van der Waals surface area contributed by atoms with Crippen LogP contribution < -0.4 is 4.90 Å². The second kappa shape index (κ2) is 16.5. The Hall–Kier alpha value is -8.98. The average molecular weight is 865 g/mol. The first-order valence-corrected chi connectivity index (χ1v) is 23.4. The molecule has 0 spiro atoms. The zero-order valence-corrected chi connectivity index (χ0v) is 37.3. The lowest BCUT2D eigenvalue weighted by Crippen LogP contribution is -2.11. The maximum atomic E-state index is 2.43. The second-order valence-corrected chi connectivity index (χ2v) is 17.7. The first-order valence-electron chi connectivity index (χ1n) is 23.4. The molecule has 318 valence electrons. The summed E-state index contributed by atoms with van der Waals surface area (Å²) in [5.41, 5.74) is 16.4. The number of nitrogens with zero attached hydrogens (tertiary/aromatic N) is 2. The molecule has 0 unspecified atom stereocenters. The summed E-state index contributed by atoms with van der Waals surface area (Å²) in [5.74, 6) is 0. The van der Waals surface area contributed by atoms with Crippen LogP contribution in [0, 0.1) is 0 Å². The highest BCUT2D eigenvalue weighted by atomic mass is 15.1. The number of hydrogen-bond acceptors (Lipinski definition) is 1. The maximum absolute atomic E-state index is 2.43. The molecule has 0 aliphatic rings. The summed E-state index contributed by atoms with van der Waals surface area (Å²) in [4.78, 5) is 2.43. The van der Waals surface area contributed by atoms with Gasteiger partial charge in [0.05, 0.1) is 16.7 Å². The van der Waals surface area contributed by atoms with Crippen LogP contribution in [0.25, 0.3) is 104 Å². The Morgan fingerprint density at radius 3 is 1.62 bits per heavy atom.